The Hall–Kier alpha value is -1.19. The minimum atomic E-state index is -2.87. The van der Waals surface area contributed by atoms with E-state index in [4.69, 9.17) is 4.74 Å². The SMILES string of the molecule is CC(C)[C@@H]1CC[C@]2(NCCC(C)N3CCS(=O)(=O)CC3)CC[C@]3(C)[C@H](CC[C@@H]4[C@@]5(C)CC[C@H](OC(=O)[C@H]6C[C@@H](C(=O)O)C6(C)C)C(C)(C)[C@@H]5CC[C@]43C)[C@@H]12. The Bertz CT molecular complexity index is 1560. The Morgan fingerprint density at radius 3 is 2.11 bits per heavy atom. The lowest BCUT2D eigenvalue weighted by atomic mass is 9.32. The van der Waals surface area contributed by atoms with E-state index in [-0.39, 0.29) is 45.2 Å². The number of carbonyl (C=O) groups is 2. The van der Waals surface area contributed by atoms with Gasteiger partial charge in [0.25, 0.3) is 0 Å². The summed E-state index contributed by atoms with van der Waals surface area (Å²) in [5.41, 5.74) is 0.243. The van der Waals surface area contributed by atoms with Crippen molar-refractivity contribution in [2.24, 2.45) is 74.4 Å². The Labute approximate surface area is 328 Å². The number of esters is 1. The first-order valence-electron chi connectivity index (χ1n) is 22.2. The molecule has 0 aromatic carbocycles. The summed E-state index contributed by atoms with van der Waals surface area (Å²) in [7, 11) is -2.87. The lowest BCUT2D eigenvalue weighted by molar-refractivity contribution is -0.249. The molecule has 13 atom stereocenters. The van der Waals surface area contributed by atoms with E-state index >= 15 is 0 Å². The number of nitrogens with one attached hydrogen (secondary N) is 1. The number of hydrogen-bond donors (Lipinski definition) is 2. The first kappa shape index (κ1) is 41.0. The maximum Gasteiger partial charge on any atom is 0.309 e. The zero-order valence-electron chi connectivity index (χ0n) is 35.6. The van der Waals surface area contributed by atoms with Crippen molar-refractivity contribution in [3.05, 3.63) is 0 Å². The molecule has 6 aliphatic carbocycles. The van der Waals surface area contributed by atoms with Crippen molar-refractivity contribution in [1.29, 1.82) is 0 Å². The molecule has 9 heteroatoms. The van der Waals surface area contributed by atoms with Gasteiger partial charge in [-0.1, -0.05) is 62.3 Å². The largest absolute Gasteiger partial charge is 0.481 e. The molecule has 0 amide bonds. The van der Waals surface area contributed by atoms with Crippen LogP contribution in [-0.4, -0.2) is 79.2 Å². The van der Waals surface area contributed by atoms with E-state index < -0.39 is 27.1 Å². The van der Waals surface area contributed by atoms with Crippen molar-refractivity contribution in [3.63, 3.8) is 0 Å². The van der Waals surface area contributed by atoms with Crippen LogP contribution in [-0.2, 0) is 24.2 Å². The minimum Gasteiger partial charge on any atom is -0.481 e. The van der Waals surface area contributed by atoms with Gasteiger partial charge in [0, 0.05) is 30.1 Å². The number of nitrogens with zero attached hydrogens (tertiary/aromatic N) is 1. The van der Waals surface area contributed by atoms with Crippen molar-refractivity contribution in [2.75, 3.05) is 31.1 Å². The molecule has 1 heterocycles. The van der Waals surface area contributed by atoms with E-state index in [1.165, 1.54) is 51.4 Å². The summed E-state index contributed by atoms with van der Waals surface area (Å²) in [5.74, 6) is 2.75. The standard InChI is InChI=1S/C45H76N2O6S/c1-28(2)30-13-19-45(46-22-16-29(3)47-23-25-54(51,52)26-24-47)21-20-43(9)31(37(30)45)11-12-35-42(8)17-15-36(41(6,7)34(42)14-18-44(35,43)10)53-39(50)33-27-32(38(48)49)40(33,4)5/h28-37,46H,11-27H2,1-10H3,(H,48,49)/t29?,30-,31+,32-,33+,34-,35+,36-,37+,42-,43+,44+,45-/m0/s1. The average Bonchev–Trinajstić information content (AvgIpc) is 3.45. The summed E-state index contributed by atoms with van der Waals surface area (Å²) in [5, 5.41) is 14.0. The molecule has 6 saturated carbocycles. The van der Waals surface area contributed by atoms with Gasteiger partial charge in [-0.25, -0.2) is 8.42 Å². The van der Waals surface area contributed by atoms with E-state index in [0.29, 0.717) is 66.6 Å². The second kappa shape index (κ2) is 13.7. The number of carboxylic acid groups (broad SMARTS) is 1. The first-order valence-corrected chi connectivity index (χ1v) is 24.0. The van der Waals surface area contributed by atoms with E-state index in [1.807, 2.05) is 13.8 Å². The quantitative estimate of drug-likeness (QED) is 0.226. The number of hydrogen-bond acceptors (Lipinski definition) is 7. The predicted molar refractivity (Wildman–Crippen MR) is 214 cm³/mol. The Morgan fingerprint density at radius 1 is 0.796 bits per heavy atom. The van der Waals surface area contributed by atoms with Gasteiger partial charge >= 0.3 is 11.9 Å². The molecule has 0 spiro atoms. The fraction of sp³-hybridized carbons (Fsp3) is 0.956. The van der Waals surface area contributed by atoms with Gasteiger partial charge in [0.05, 0.1) is 23.3 Å². The molecule has 7 aliphatic rings. The van der Waals surface area contributed by atoms with Gasteiger partial charge in [0.1, 0.15) is 6.10 Å². The molecule has 0 aromatic heterocycles. The summed E-state index contributed by atoms with van der Waals surface area (Å²) in [6, 6.07) is 0.390. The molecular weight excluding hydrogens is 697 g/mol. The van der Waals surface area contributed by atoms with E-state index in [9.17, 15) is 23.1 Å². The summed E-state index contributed by atoms with van der Waals surface area (Å²) < 4.78 is 30.6. The van der Waals surface area contributed by atoms with Gasteiger partial charge < -0.3 is 15.2 Å². The Balaban J connectivity index is 1.07. The van der Waals surface area contributed by atoms with Crippen molar-refractivity contribution in [3.8, 4) is 0 Å². The monoisotopic (exact) mass is 773 g/mol. The van der Waals surface area contributed by atoms with Crippen LogP contribution in [0.4, 0.5) is 0 Å². The number of sulfone groups is 1. The van der Waals surface area contributed by atoms with Crippen LogP contribution in [0.25, 0.3) is 0 Å². The van der Waals surface area contributed by atoms with E-state index in [0.717, 1.165) is 31.7 Å². The number of ether oxygens (including phenoxy) is 1. The first-order chi connectivity index (χ1) is 25.0. The Morgan fingerprint density at radius 2 is 1.48 bits per heavy atom. The molecule has 54 heavy (non-hydrogen) atoms. The summed E-state index contributed by atoms with van der Waals surface area (Å²) in [6.07, 6.45) is 13.5. The lowest BCUT2D eigenvalue weighted by Gasteiger charge is -2.73. The zero-order valence-corrected chi connectivity index (χ0v) is 36.5. The number of fused-ring (bicyclic) bond motifs is 7. The van der Waals surface area contributed by atoms with Crippen LogP contribution in [0.1, 0.15) is 146 Å². The fourth-order valence-corrected chi connectivity index (χ4v) is 17.0. The lowest BCUT2D eigenvalue weighted by Crippen LogP contribution is -2.69. The molecule has 308 valence electrons. The number of carbonyl (C=O) groups excluding carboxylic acids is 1. The summed E-state index contributed by atoms with van der Waals surface area (Å²) >= 11 is 0. The smallest absolute Gasteiger partial charge is 0.309 e. The molecule has 1 saturated heterocycles. The molecule has 1 unspecified atom stereocenters. The van der Waals surface area contributed by atoms with E-state index in [2.05, 4.69) is 65.6 Å². The maximum atomic E-state index is 13.6. The van der Waals surface area contributed by atoms with Crippen LogP contribution < -0.4 is 5.32 Å². The molecule has 8 nitrogen and oxygen atoms in total. The number of aliphatic carboxylic acids is 1. The summed E-state index contributed by atoms with van der Waals surface area (Å²) in [4.78, 5) is 27.8. The summed E-state index contributed by atoms with van der Waals surface area (Å²) in [6.45, 7) is 26.2. The van der Waals surface area contributed by atoms with Gasteiger partial charge in [-0.15, -0.1) is 0 Å². The van der Waals surface area contributed by atoms with Crippen LogP contribution in [0.15, 0.2) is 0 Å². The fourth-order valence-electron chi connectivity index (χ4n) is 15.7. The molecule has 0 radical (unpaired) electrons. The van der Waals surface area contributed by atoms with Gasteiger partial charge in [-0.2, -0.15) is 0 Å². The maximum absolute atomic E-state index is 13.6. The molecule has 7 fully saturated rings. The van der Waals surface area contributed by atoms with Gasteiger partial charge in [0.15, 0.2) is 9.84 Å². The van der Waals surface area contributed by atoms with Crippen molar-refractivity contribution in [1.82, 2.24) is 10.2 Å². The predicted octanol–water partition coefficient (Wildman–Crippen LogP) is 8.23. The molecule has 2 N–H and O–H groups in total. The molecule has 0 aromatic rings. The van der Waals surface area contributed by atoms with E-state index in [1.54, 1.807) is 0 Å². The van der Waals surface area contributed by atoms with Crippen LogP contribution in [0.2, 0.25) is 0 Å². The minimum absolute atomic E-state index is 0.128. The van der Waals surface area contributed by atoms with Gasteiger partial charge in [0.2, 0.25) is 0 Å². The molecule has 1 aliphatic heterocycles. The topological polar surface area (TPSA) is 113 Å². The molecule has 7 rings (SSSR count). The van der Waals surface area contributed by atoms with Gasteiger partial charge in [-0.05, 0) is 148 Å². The Kier molecular flexibility index (Phi) is 10.4. The number of rotatable bonds is 9. The molecule has 0 bridgehead atoms. The zero-order chi connectivity index (χ0) is 39.4. The van der Waals surface area contributed by atoms with Crippen molar-refractivity contribution >= 4 is 21.8 Å². The highest BCUT2D eigenvalue weighted by atomic mass is 32.2. The third-order valence-electron chi connectivity index (χ3n) is 19.4. The second-order valence-electron chi connectivity index (χ2n) is 22.3. The normalized spacial score (nSPS) is 46.9. The third-order valence-corrected chi connectivity index (χ3v) is 21.0. The number of carboxylic acids is 1. The highest BCUT2D eigenvalue weighted by molar-refractivity contribution is 7.91. The molecular formula is C45H76N2O6S. The highest BCUT2D eigenvalue weighted by Gasteiger charge is 2.71. The highest BCUT2D eigenvalue weighted by Crippen LogP contribution is 2.76. The van der Waals surface area contributed by atoms with Crippen LogP contribution in [0.5, 0.6) is 0 Å². The van der Waals surface area contributed by atoms with Gasteiger partial charge in [-0.3, -0.25) is 14.5 Å². The van der Waals surface area contributed by atoms with Crippen LogP contribution in [0, 0.1) is 74.4 Å². The third kappa shape index (κ3) is 6.18. The van der Waals surface area contributed by atoms with Crippen LogP contribution >= 0.6 is 0 Å². The second-order valence-corrected chi connectivity index (χ2v) is 24.6. The average molecular weight is 773 g/mol. The van der Waals surface area contributed by atoms with Crippen molar-refractivity contribution < 1.29 is 27.9 Å². The van der Waals surface area contributed by atoms with Crippen LogP contribution in [0.3, 0.4) is 0 Å². The van der Waals surface area contributed by atoms with Crippen molar-refractivity contribution in [2.45, 2.75) is 164 Å².